The molecule has 0 unspecified atom stereocenters. The van der Waals surface area contributed by atoms with Crippen molar-refractivity contribution in [2.24, 2.45) is 7.05 Å². The van der Waals surface area contributed by atoms with E-state index in [1.54, 1.807) is 12.4 Å². The van der Waals surface area contributed by atoms with Gasteiger partial charge in [-0.2, -0.15) is 0 Å². The van der Waals surface area contributed by atoms with Crippen LogP contribution >= 0.6 is 23.2 Å². The van der Waals surface area contributed by atoms with Crippen LogP contribution in [0.15, 0.2) is 36.7 Å². The highest BCUT2D eigenvalue weighted by Gasteiger charge is 2.22. The summed E-state index contributed by atoms with van der Waals surface area (Å²) in [6, 6.07) is 8.07. The zero-order valence-electron chi connectivity index (χ0n) is 20.5. The van der Waals surface area contributed by atoms with E-state index in [0.29, 0.717) is 23.3 Å². The molecule has 4 rings (SSSR count). The Morgan fingerprint density at radius 3 is 2.50 bits per heavy atom. The van der Waals surface area contributed by atoms with Crippen LogP contribution in [0.1, 0.15) is 51.7 Å². The summed E-state index contributed by atoms with van der Waals surface area (Å²) < 4.78 is 8.10. The highest BCUT2D eigenvalue weighted by atomic mass is 35.5. The maximum atomic E-state index is 6.73. The van der Waals surface area contributed by atoms with Gasteiger partial charge in [-0.05, 0) is 42.0 Å². The van der Waals surface area contributed by atoms with Crippen molar-refractivity contribution in [2.75, 3.05) is 6.61 Å². The Hall–Kier alpha value is -2.63. The van der Waals surface area contributed by atoms with E-state index in [1.807, 2.05) is 29.8 Å². The topological polar surface area (TPSA) is 52.8 Å². The lowest BCUT2D eigenvalue weighted by Gasteiger charge is -2.22. The number of halogens is 2. The van der Waals surface area contributed by atoms with Gasteiger partial charge in [0, 0.05) is 29.9 Å². The molecule has 0 radical (unpaired) electrons. The summed E-state index contributed by atoms with van der Waals surface area (Å²) in [6.45, 7) is 11.3. The normalized spacial score (nSPS) is 11.9. The van der Waals surface area contributed by atoms with Gasteiger partial charge in [0.25, 0.3) is 0 Å². The molecule has 0 amide bonds. The lowest BCUT2D eigenvalue weighted by atomic mass is 9.85. The van der Waals surface area contributed by atoms with Crippen molar-refractivity contribution in [3.63, 3.8) is 0 Å². The first kappa shape index (κ1) is 24.5. The molecule has 0 aliphatic carbocycles. The monoisotopic (exact) mass is 496 g/mol. The first-order valence-electron chi connectivity index (χ1n) is 11.5. The van der Waals surface area contributed by atoms with Crippen LogP contribution in [0, 0.1) is 6.92 Å². The molecule has 5 nitrogen and oxygen atoms in total. The molecule has 0 spiro atoms. The van der Waals surface area contributed by atoms with Crippen LogP contribution in [0.4, 0.5) is 0 Å². The molecule has 0 N–H and O–H groups in total. The van der Waals surface area contributed by atoms with E-state index in [0.717, 1.165) is 56.9 Å². The number of hydrogen-bond acceptors (Lipinski definition) is 4. The molecule has 0 saturated heterocycles. The number of hydrogen-bond donors (Lipinski definition) is 0. The fourth-order valence-electron chi connectivity index (χ4n) is 4.03. The van der Waals surface area contributed by atoms with E-state index < -0.39 is 0 Å². The van der Waals surface area contributed by atoms with Crippen LogP contribution in [0.5, 0.6) is 5.75 Å². The van der Waals surface area contributed by atoms with Gasteiger partial charge in [0.05, 0.1) is 29.4 Å². The van der Waals surface area contributed by atoms with E-state index in [9.17, 15) is 0 Å². The number of imidazole rings is 1. The molecular formula is C27H30Cl2N4O. The van der Waals surface area contributed by atoms with Crippen molar-refractivity contribution < 1.29 is 4.74 Å². The van der Waals surface area contributed by atoms with Crippen molar-refractivity contribution in [1.82, 2.24) is 19.5 Å². The fourth-order valence-corrected chi connectivity index (χ4v) is 4.61. The number of unbranched alkanes of at least 4 members (excludes halogenated alkanes) is 1. The number of ether oxygens (including phenoxy) is 1. The maximum Gasteiger partial charge on any atom is 0.160 e. The van der Waals surface area contributed by atoms with Gasteiger partial charge < -0.3 is 9.30 Å². The molecule has 7 heteroatoms. The molecule has 0 aliphatic heterocycles. The Morgan fingerprint density at radius 1 is 1.09 bits per heavy atom. The smallest absolute Gasteiger partial charge is 0.160 e. The Labute approximate surface area is 211 Å². The summed E-state index contributed by atoms with van der Waals surface area (Å²) >= 11 is 13.0. The minimum atomic E-state index is -0.0461. The molecule has 4 aromatic rings. The number of pyridine rings is 2. The quantitative estimate of drug-likeness (QED) is 0.255. The third-order valence-electron chi connectivity index (χ3n) is 5.98. The fraction of sp³-hybridized carbons (Fsp3) is 0.370. The first-order valence-corrected chi connectivity index (χ1v) is 12.3. The molecule has 0 atom stereocenters. The molecular weight excluding hydrogens is 467 g/mol. The molecule has 3 heterocycles. The average Bonchev–Trinajstić information content (AvgIpc) is 3.12. The van der Waals surface area contributed by atoms with Crippen molar-refractivity contribution in [2.45, 2.75) is 52.9 Å². The number of aryl methyl sites for hydroxylation is 1. The number of nitrogens with zero attached hydrogens (tertiary/aromatic N) is 4. The van der Waals surface area contributed by atoms with E-state index >= 15 is 0 Å². The van der Waals surface area contributed by atoms with Gasteiger partial charge in [-0.3, -0.25) is 4.98 Å². The lowest BCUT2D eigenvalue weighted by molar-refractivity contribution is 0.313. The third-order valence-corrected chi connectivity index (χ3v) is 6.64. The van der Waals surface area contributed by atoms with Gasteiger partial charge in [-0.25, -0.2) is 9.97 Å². The van der Waals surface area contributed by atoms with Crippen molar-refractivity contribution >= 4 is 34.1 Å². The zero-order chi connectivity index (χ0) is 24.6. The zero-order valence-corrected chi connectivity index (χ0v) is 22.1. The van der Waals surface area contributed by atoms with Crippen molar-refractivity contribution in [1.29, 1.82) is 0 Å². The molecule has 1 aromatic carbocycles. The van der Waals surface area contributed by atoms with Gasteiger partial charge in [0.1, 0.15) is 16.6 Å². The second kappa shape index (κ2) is 9.55. The van der Waals surface area contributed by atoms with Crippen LogP contribution in [0.25, 0.3) is 33.7 Å². The Kier molecular flexibility index (Phi) is 6.88. The van der Waals surface area contributed by atoms with Crippen LogP contribution in [0.2, 0.25) is 10.2 Å². The maximum absolute atomic E-state index is 6.73. The number of fused-ring (bicyclic) bond motifs is 1. The molecule has 0 bridgehead atoms. The molecule has 0 saturated carbocycles. The minimum Gasteiger partial charge on any atom is -0.493 e. The average molecular weight is 497 g/mol. The summed E-state index contributed by atoms with van der Waals surface area (Å²) in [5.74, 6) is 1.39. The molecule has 34 heavy (non-hydrogen) atoms. The van der Waals surface area contributed by atoms with Gasteiger partial charge in [-0.1, -0.05) is 63.4 Å². The van der Waals surface area contributed by atoms with E-state index in [-0.39, 0.29) is 5.41 Å². The minimum absolute atomic E-state index is 0.0461. The molecule has 3 aromatic heterocycles. The predicted octanol–water partition coefficient (Wildman–Crippen LogP) is 7.79. The number of rotatable bonds is 6. The van der Waals surface area contributed by atoms with Crippen molar-refractivity contribution in [3.05, 3.63) is 58.0 Å². The predicted molar refractivity (Wildman–Crippen MR) is 141 cm³/mol. The van der Waals surface area contributed by atoms with Gasteiger partial charge >= 0.3 is 0 Å². The summed E-state index contributed by atoms with van der Waals surface area (Å²) in [4.78, 5) is 14.1. The van der Waals surface area contributed by atoms with E-state index in [4.69, 9.17) is 32.9 Å². The Morgan fingerprint density at radius 2 is 1.85 bits per heavy atom. The standard InChI is InChI=1S/C27H30Cl2N4O/c1-7-8-11-34-22-14-21(17-13-19(28)18(12-16(17)2)27(3,4)5)32-20-9-10-30-25(24(20)22)26-31-15-23(29)33(26)6/h9-10,12-15H,7-8,11H2,1-6H3. The summed E-state index contributed by atoms with van der Waals surface area (Å²) in [6.07, 6.45) is 5.36. The Bertz CT molecular complexity index is 1360. The van der Waals surface area contributed by atoms with Gasteiger partial charge in [0.15, 0.2) is 5.82 Å². The lowest BCUT2D eigenvalue weighted by Crippen LogP contribution is -2.12. The summed E-state index contributed by atoms with van der Waals surface area (Å²) in [5.41, 5.74) is 5.46. The first-order chi connectivity index (χ1) is 16.1. The Balaban J connectivity index is 1.94. The second-order valence-electron chi connectivity index (χ2n) is 9.62. The molecule has 0 aliphatic rings. The summed E-state index contributed by atoms with van der Waals surface area (Å²) in [5, 5.41) is 2.10. The van der Waals surface area contributed by atoms with E-state index in [2.05, 4.69) is 50.7 Å². The van der Waals surface area contributed by atoms with Crippen LogP contribution in [0.3, 0.4) is 0 Å². The number of aromatic nitrogens is 4. The van der Waals surface area contributed by atoms with Crippen LogP contribution < -0.4 is 4.74 Å². The largest absolute Gasteiger partial charge is 0.493 e. The SMILES string of the molecule is CCCCOc1cc(-c2cc(Cl)c(C(C)(C)C)cc2C)nc2ccnc(-c3ncc(Cl)n3C)c12. The van der Waals surface area contributed by atoms with E-state index in [1.165, 1.54) is 0 Å². The number of benzene rings is 1. The van der Waals surface area contributed by atoms with Crippen LogP contribution in [-0.2, 0) is 12.5 Å². The second-order valence-corrected chi connectivity index (χ2v) is 10.4. The third kappa shape index (κ3) is 4.64. The molecule has 0 fully saturated rings. The van der Waals surface area contributed by atoms with Gasteiger partial charge in [-0.15, -0.1) is 0 Å². The van der Waals surface area contributed by atoms with Gasteiger partial charge in [0.2, 0.25) is 0 Å². The van der Waals surface area contributed by atoms with Crippen LogP contribution in [-0.4, -0.2) is 26.1 Å². The highest BCUT2D eigenvalue weighted by Crippen LogP contribution is 2.39. The molecule has 178 valence electrons. The summed E-state index contributed by atoms with van der Waals surface area (Å²) in [7, 11) is 1.87. The highest BCUT2D eigenvalue weighted by molar-refractivity contribution is 6.32. The van der Waals surface area contributed by atoms with Crippen molar-refractivity contribution in [3.8, 4) is 28.5 Å².